The highest BCUT2D eigenvalue weighted by atomic mass is 32.1. The highest BCUT2D eigenvalue weighted by Gasteiger charge is 1.77. The molecular formula is C3H8O2S. The summed E-state index contributed by atoms with van der Waals surface area (Å²) in [4.78, 5) is 3.73. The molecule has 0 saturated carbocycles. The van der Waals surface area contributed by atoms with Crippen LogP contribution < -0.4 is 0 Å². The Bertz CT molecular complexity index is 20.8. The van der Waals surface area contributed by atoms with Crippen molar-refractivity contribution in [2.24, 2.45) is 0 Å². The van der Waals surface area contributed by atoms with Crippen LogP contribution in [0.1, 0.15) is 6.42 Å². The third-order valence-electron chi connectivity index (χ3n) is 0.394. The molecule has 0 aromatic rings. The summed E-state index contributed by atoms with van der Waals surface area (Å²) in [5, 5.41) is 7.66. The first kappa shape index (κ1) is 6.27. The third-order valence-corrected chi connectivity index (χ3v) is 0.710. The molecule has 38 valence electrons. The minimum absolute atomic E-state index is 0.392. The van der Waals surface area contributed by atoms with Crippen molar-refractivity contribution >= 4 is 12.6 Å². The third kappa shape index (κ3) is 4.27. The van der Waals surface area contributed by atoms with Crippen molar-refractivity contribution in [1.82, 2.24) is 0 Å². The second-order valence-electron chi connectivity index (χ2n) is 0.910. The zero-order valence-electron chi connectivity index (χ0n) is 3.42. The fourth-order valence-corrected chi connectivity index (χ4v) is 0.258. The molecule has 0 saturated heterocycles. The molecule has 0 aromatic heterocycles. The monoisotopic (exact) mass is 108 g/mol. The highest BCUT2D eigenvalue weighted by molar-refractivity contribution is 7.80. The Balaban J connectivity index is 2.34. The fraction of sp³-hybridized carbons (Fsp3) is 1.00. The summed E-state index contributed by atoms with van der Waals surface area (Å²) in [6.45, 7) is 0.392. The van der Waals surface area contributed by atoms with Gasteiger partial charge >= 0.3 is 0 Å². The number of rotatable bonds is 3. The van der Waals surface area contributed by atoms with Gasteiger partial charge in [-0.2, -0.15) is 12.6 Å². The maximum absolute atomic E-state index is 7.66. The molecule has 0 spiro atoms. The topological polar surface area (TPSA) is 29.5 Å². The molecule has 0 radical (unpaired) electrons. The van der Waals surface area contributed by atoms with Crippen LogP contribution in [0.25, 0.3) is 0 Å². The predicted molar refractivity (Wildman–Crippen MR) is 27.1 cm³/mol. The smallest absolute Gasteiger partial charge is 0.0827 e. The van der Waals surface area contributed by atoms with Gasteiger partial charge in [-0.25, -0.2) is 4.89 Å². The molecule has 0 atom stereocenters. The van der Waals surface area contributed by atoms with Crippen molar-refractivity contribution < 1.29 is 10.1 Å². The summed E-state index contributed by atoms with van der Waals surface area (Å²) in [5.74, 6) is 0.764. The Labute approximate surface area is 42.5 Å². The van der Waals surface area contributed by atoms with Gasteiger partial charge < -0.3 is 0 Å². The fourth-order valence-electron chi connectivity index (χ4n) is 0.129. The Kier molecular flexibility index (Phi) is 5.51. The molecule has 0 bridgehead atoms. The normalized spacial score (nSPS) is 9.00. The zero-order chi connectivity index (χ0) is 4.83. The van der Waals surface area contributed by atoms with Crippen LogP contribution >= 0.6 is 12.6 Å². The van der Waals surface area contributed by atoms with Crippen LogP contribution in [0.4, 0.5) is 0 Å². The van der Waals surface area contributed by atoms with Gasteiger partial charge in [0.15, 0.2) is 0 Å². The number of thiol groups is 1. The molecule has 0 unspecified atom stereocenters. The minimum Gasteiger partial charge on any atom is -0.252 e. The lowest BCUT2D eigenvalue weighted by Gasteiger charge is -1.86. The Morgan fingerprint density at radius 1 is 1.67 bits per heavy atom. The van der Waals surface area contributed by atoms with E-state index in [1.165, 1.54) is 0 Å². The van der Waals surface area contributed by atoms with Crippen LogP contribution in [-0.4, -0.2) is 17.6 Å². The van der Waals surface area contributed by atoms with E-state index in [9.17, 15) is 0 Å². The second-order valence-corrected chi connectivity index (χ2v) is 1.36. The lowest BCUT2D eigenvalue weighted by Crippen LogP contribution is -1.87. The van der Waals surface area contributed by atoms with E-state index in [4.69, 9.17) is 5.26 Å². The molecule has 0 aliphatic rings. The molecule has 2 nitrogen and oxygen atoms in total. The molecule has 0 heterocycles. The average molecular weight is 108 g/mol. The second kappa shape index (κ2) is 5.27. The summed E-state index contributed by atoms with van der Waals surface area (Å²) in [6.07, 6.45) is 0.805. The molecular weight excluding hydrogens is 100 g/mol. The first-order valence-electron chi connectivity index (χ1n) is 1.79. The van der Waals surface area contributed by atoms with E-state index < -0.39 is 0 Å². The van der Waals surface area contributed by atoms with Crippen molar-refractivity contribution in [3.05, 3.63) is 0 Å². The van der Waals surface area contributed by atoms with Crippen molar-refractivity contribution in [2.45, 2.75) is 6.42 Å². The molecule has 0 amide bonds. The van der Waals surface area contributed by atoms with Gasteiger partial charge in [-0.15, -0.1) is 0 Å². The van der Waals surface area contributed by atoms with E-state index in [2.05, 4.69) is 17.5 Å². The number of hydrogen-bond acceptors (Lipinski definition) is 3. The molecule has 0 aliphatic carbocycles. The number of hydrogen-bond donors (Lipinski definition) is 2. The van der Waals surface area contributed by atoms with Crippen LogP contribution in [0.2, 0.25) is 0 Å². The van der Waals surface area contributed by atoms with Gasteiger partial charge in [0, 0.05) is 0 Å². The Morgan fingerprint density at radius 2 is 2.33 bits per heavy atom. The molecule has 3 heteroatoms. The van der Waals surface area contributed by atoms with Crippen LogP contribution in [0, 0.1) is 0 Å². The summed E-state index contributed by atoms with van der Waals surface area (Å²) < 4.78 is 0. The molecule has 0 rings (SSSR count). The molecule has 0 aromatic carbocycles. The molecule has 1 N–H and O–H groups in total. The Morgan fingerprint density at radius 3 is 2.50 bits per heavy atom. The van der Waals surface area contributed by atoms with E-state index in [-0.39, 0.29) is 0 Å². The van der Waals surface area contributed by atoms with Gasteiger partial charge in [0.2, 0.25) is 0 Å². The first-order valence-corrected chi connectivity index (χ1v) is 2.42. The first-order chi connectivity index (χ1) is 2.91. The lowest BCUT2D eigenvalue weighted by atomic mass is 10.5. The van der Waals surface area contributed by atoms with Gasteiger partial charge in [-0.3, -0.25) is 5.26 Å². The van der Waals surface area contributed by atoms with Gasteiger partial charge in [-0.05, 0) is 12.2 Å². The highest BCUT2D eigenvalue weighted by Crippen LogP contribution is 1.80. The van der Waals surface area contributed by atoms with Crippen LogP contribution in [0.5, 0.6) is 0 Å². The van der Waals surface area contributed by atoms with Crippen LogP contribution in [-0.2, 0) is 4.89 Å². The quantitative estimate of drug-likeness (QED) is 0.242. The summed E-state index contributed by atoms with van der Waals surface area (Å²) in [5.41, 5.74) is 0. The molecule has 0 aliphatic heterocycles. The summed E-state index contributed by atoms with van der Waals surface area (Å²) in [6, 6.07) is 0. The SMILES string of the molecule is OOCCCS. The maximum atomic E-state index is 7.66. The van der Waals surface area contributed by atoms with Gasteiger partial charge in [-0.1, -0.05) is 0 Å². The maximum Gasteiger partial charge on any atom is 0.0827 e. The minimum atomic E-state index is 0.392. The summed E-state index contributed by atoms with van der Waals surface area (Å²) >= 11 is 3.86. The summed E-state index contributed by atoms with van der Waals surface area (Å²) in [7, 11) is 0. The van der Waals surface area contributed by atoms with E-state index in [1.807, 2.05) is 0 Å². The standard InChI is InChI=1S/C3H8O2S/c4-5-2-1-3-6/h4,6H,1-3H2. The largest absolute Gasteiger partial charge is 0.252 e. The average Bonchev–Trinajstić information content (AvgIpc) is 1.61. The van der Waals surface area contributed by atoms with Crippen LogP contribution in [0.15, 0.2) is 0 Å². The lowest BCUT2D eigenvalue weighted by molar-refractivity contribution is -0.241. The van der Waals surface area contributed by atoms with Crippen molar-refractivity contribution in [2.75, 3.05) is 12.4 Å². The van der Waals surface area contributed by atoms with E-state index in [0.717, 1.165) is 12.2 Å². The van der Waals surface area contributed by atoms with Crippen LogP contribution in [0.3, 0.4) is 0 Å². The molecule has 0 fully saturated rings. The van der Waals surface area contributed by atoms with Gasteiger partial charge in [0.25, 0.3) is 0 Å². The van der Waals surface area contributed by atoms with Crippen molar-refractivity contribution in [1.29, 1.82) is 0 Å². The van der Waals surface area contributed by atoms with E-state index in [0.29, 0.717) is 6.61 Å². The van der Waals surface area contributed by atoms with Crippen molar-refractivity contribution in [3.8, 4) is 0 Å². The predicted octanol–water partition coefficient (Wildman–Crippen LogP) is 0.796. The van der Waals surface area contributed by atoms with Gasteiger partial charge in [0.1, 0.15) is 0 Å². The van der Waals surface area contributed by atoms with E-state index in [1.54, 1.807) is 0 Å². The molecule has 6 heavy (non-hydrogen) atoms. The van der Waals surface area contributed by atoms with E-state index >= 15 is 0 Å². The van der Waals surface area contributed by atoms with Gasteiger partial charge in [0.05, 0.1) is 6.61 Å². The zero-order valence-corrected chi connectivity index (χ0v) is 4.32. The Hall–Kier alpha value is 0.270. The van der Waals surface area contributed by atoms with Crippen molar-refractivity contribution in [3.63, 3.8) is 0 Å².